The van der Waals surface area contributed by atoms with E-state index in [1.807, 2.05) is 30.9 Å². The summed E-state index contributed by atoms with van der Waals surface area (Å²) in [5.41, 5.74) is 2.12. The van der Waals surface area contributed by atoms with Crippen molar-refractivity contribution < 1.29 is 12.8 Å². The van der Waals surface area contributed by atoms with E-state index in [0.717, 1.165) is 11.1 Å². The minimum absolute atomic E-state index is 0.331. The number of hydrogen-bond acceptors (Lipinski definition) is 3. The van der Waals surface area contributed by atoms with Crippen LogP contribution in [0.1, 0.15) is 16.7 Å². The maximum Gasteiger partial charge on any atom is 0.243 e. The third-order valence-electron chi connectivity index (χ3n) is 4.74. The van der Waals surface area contributed by atoms with Gasteiger partial charge in [0.2, 0.25) is 10.0 Å². The first-order valence-electron chi connectivity index (χ1n) is 8.51. The van der Waals surface area contributed by atoms with E-state index in [0.29, 0.717) is 48.2 Å². The molecule has 0 spiro atoms. The largest absolute Gasteiger partial charge is 0.296 e. The van der Waals surface area contributed by atoms with Crippen LogP contribution in [0, 0.1) is 19.7 Å². The molecule has 2 aromatic rings. The fraction of sp³-hybridized carbons (Fsp3) is 0.368. The summed E-state index contributed by atoms with van der Waals surface area (Å²) in [5.74, 6) is -0.331. The maximum absolute atomic E-state index is 14.0. The van der Waals surface area contributed by atoms with E-state index in [1.54, 1.807) is 18.2 Å². The molecule has 1 heterocycles. The van der Waals surface area contributed by atoms with Crippen molar-refractivity contribution in [2.75, 3.05) is 26.2 Å². The van der Waals surface area contributed by atoms with Gasteiger partial charge in [-0.3, -0.25) is 4.90 Å². The molecule has 2 aromatic carbocycles. The highest BCUT2D eigenvalue weighted by atomic mass is 35.5. The second-order valence-corrected chi connectivity index (χ2v) is 8.96. The SMILES string of the molecule is Cc1ccc(C)c(S(=O)(=O)N2CCN(Cc3c(F)cccc3Cl)CC2)c1. The molecule has 140 valence electrons. The number of rotatable bonds is 4. The van der Waals surface area contributed by atoms with Gasteiger partial charge in [-0.1, -0.05) is 29.8 Å². The van der Waals surface area contributed by atoms with Crippen LogP contribution in [0.3, 0.4) is 0 Å². The smallest absolute Gasteiger partial charge is 0.243 e. The topological polar surface area (TPSA) is 40.6 Å². The number of nitrogens with zero attached hydrogens (tertiary/aromatic N) is 2. The predicted octanol–water partition coefficient (Wildman–Crippen LogP) is 3.60. The normalized spacial score (nSPS) is 16.8. The summed E-state index contributed by atoms with van der Waals surface area (Å²) in [6.45, 7) is 5.90. The number of hydrogen-bond donors (Lipinski definition) is 0. The quantitative estimate of drug-likeness (QED) is 0.792. The van der Waals surface area contributed by atoms with Gasteiger partial charge in [-0.15, -0.1) is 0 Å². The van der Waals surface area contributed by atoms with Crippen LogP contribution in [0.5, 0.6) is 0 Å². The van der Waals surface area contributed by atoms with Gasteiger partial charge in [0, 0.05) is 43.3 Å². The highest BCUT2D eigenvalue weighted by molar-refractivity contribution is 7.89. The molecule has 0 atom stereocenters. The predicted molar refractivity (Wildman–Crippen MR) is 101 cm³/mol. The van der Waals surface area contributed by atoms with E-state index >= 15 is 0 Å². The van der Waals surface area contributed by atoms with Crippen molar-refractivity contribution in [1.82, 2.24) is 9.21 Å². The zero-order chi connectivity index (χ0) is 18.9. The number of aryl methyl sites for hydroxylation is 2. The average Bonchev–Trinajstić information content (AvgIpc) is 2.61. The Morgan fingerprint density at radius 2 is 1.77 bits per heavy atom. The minimum Gasteiger partial charge on any atom is -0.296 e. The molecular formula is C19H22ClFN2O2S. The Kier molecular flexibility index (Phi) is 5.67. The number of benzene rings is 2. The van der Waals surface area contributed by atoms with Gasteiger partial charge in [-0.05, 0) is 43.2 Å². The van der Waals surface area contributed by atoms with Crippen LogP contribution in [0.15, 0.2) is 41.3 Å². The molecular weight excluding hydrogens is 375 g/mol. The molecule has 0 amide bonds. The first-order chi connectivity index (χ1) is 12.3. The summed E-state index contributed by atoms with van der Waals surface area (Å²) in [7, 11) is -3.52. The molecule has 0 radical (unpaired) electrons. The maximum atomic E-state index is 14.0. The molecule has 0 aromatic heterocycles. The summed E-state index contributed by atoms with van der Waals surface area (Å²) in [4.78, 5) is 2.39. The Balaban J connectivity index is 1.71. The lowest BCUT2D eigenvalue weighted by Gasteiger charge is -2.34. The van der Waals surface area contributed by atoms with Crippen LogP contribution in [0.4, 0.5) is 4.39 Å². The van der Waals surface area contributed by atoms with Crippen molar-refractivity contribution >= 4 is 21.6 Å². The summed E-state index contributed by atoms with van der Waals surface area (Å²) in [6.07, 6.45) is 0. The van der Waals surface area contributed by atoms with Crippen molar-refractivity contribution in [1.29, 1.82) is 0 Å². The van der Waals surface area contributed by atoms with Gasteiger partial charge < -0.3 is 0 Å². The Hall–Kier alpha value is -1.47. The van der Waals surface area contributed by atoms with Crippen LogP contribution in [0.2, 0.25) is 5.02 Å². The van der Waals surface area contributed by atoms with Crippen LogP contribution in [-0.2, 0) is 16.6 Å². The monoisotopic (exact) mass is 396 g/mol. The van der Waals surface area contributed by atoms with Crippen molar-refractivity contribution in [2.24, 2.45) is 0 Å². The molecule has 7 heteroatoms. The Morgan fingerprint density at radius 3 is 2.42 bits per heavy atom. The molecule has 1 saturated heterocycles. The third kappa shape index (κ3) is 3.93. The van der Waals surface area contributed by atoms with Gasteiger partial charge in [0.25, 0.3) is 0 Å². The summed E-state index contributed by atoms with van der Waals surface area (Å²) in [5, 5.41) is 0.399. The van der Waals surface area contributed by atoms with Gasteiger partial charge in [-0.2, -0.15) is 4.31 Å². The molecule has 1 aliphatic heterocycles. The van der Waals surface area contributed by atoms with E-state index in [2.05, 4.69) is 0 Å². The molecule has 1 fully saturated rings. The molecule has 4 nitrogen and oxygen atoms in total. The van der Waals surface area contributed by atoms with Gasteiger partial charge in [0.1, 0.15) is 5.82 Å². The van der Waals surface area contributed by atoms with E-state index < -0.39 is 10.0 Å². The third-order valence-corrected chi connectivity index (χ3v) is 7.13. The van der Waals surface area contributed by atoms with Crippen molar-refractivity contribution in [2.45, 2.75) is 25.3 Å². The Labute approximate surface area is 159 Å². The highest BCUT2D eigenvalue weighted by Crippen LogP contribution is 2.24. The Morgan fingerprint density at radius 1 is 1.08 bits per heavy atom. The molecule has 0 N–H and O–H groups in total. The van der Waals surface area contributed by atoms with E-state index in [4.69, 9.17) is 11.6 Å². The summed E-state index contributed by atoms with van der Waals surface area (Å²) < 4.78 is 41.4. The van der Waals surface area contributed by atoms with E-state index in [9.17, 15) is 12.8 Å². The van der Waals surface area contributed by atoms with E-state index in [1.165, 1.54) is 10.4 Å². The number of sulfonamides is 1. The van der Waals surface area contributed by atoms with Gasteiger partial charge in [0.15, 0.2) is 0 Å². The Bertz CT molecular complexity index is 890. The summed E-state index contributed by atoms with van der Waals surface area (Å²) in [6, 6.07) is 10.1. The second kappa shape index (κ2) is 7.64. The zero-order valence-corrected chi connectivity index (χ0v) is 16.4. The van der Waals surface area contributed by atoms with Crippen LogP contribution < -0.4 is 0 Å². The van der Waals surface area contributed by atoms with Gasteiger partial charge in [-0.25, -0.2) is 12.8 Å². The number of halogens is 2. The average molecular weight is 397 g/mol. The fourth-order valence-corrected chi connectivity index (χ4v) is 5.11. The molecule has 26 heavy (non-hydrogen) atoms. The molecule has 1 aliphatic rings. The molecule has 0 unspecified atom stereocenters. The lowest BCUT2D eigenvalue weighted by Crippen LogP contribution is -2.48. The highest BCUT2D eigenvalue weighted by Gasteiger charge is 2.30. The van der Waals surface area contributed by atoms with E-state index in [-0.39, 0.29) is 5.82 Å². The lowest BCUT2D eigenvalue weighted by molar-refractivity contribution is 0.180. The molecule has 0 saturated carbocycles. The molecule has 0 bridgehead atoms. The van der Waals surface area contributed by atoms with Gasteiger partial charge in [0.05, 0.1) is 4.90 Å². The van der Waals surface area contributed by atoms with Crippen LogP contribution >= 0.6 is 11.6 Å². The molecule has 3 rings (SSSR count). The lowest BCUT2D eigenvalue weighted by atomic mass is 10.2. The van der Waals surface area contributed by atoms with Crippen molar-refractivity contribution in [3.05, 3.63) is 63.9 Å². The fourth-order valence-electron chi connectivity index (χ4n) is 3.16. The molecule has 0 aliphatic carbocycles. The first-order valence-corrected chi connectivity index (χ1v) is 10.3. The van der Waals surface area contributed by atoms with Crippen molar-refractivity contribution in [3.63, 3.8) is 0 Å². The van der Waals surface area contributed by atoms with Gasteiger partial charge >= 0.3 is 0 Å². The van der Waals surface area contributed by atoms with Crippen molar-refractivity contribution in [3.8, 4) is 0 Å². The minimum atomic E-state index is -3.52. The second-order valence-electron chi connectivity index (χ2n) is 6.65. The summed E-state index contributed by atoms with van der Waals surface area (Å²) >= 11 is 6.09. The van der Waals surface area contributed by atoms with Crippen LogP contribution in [0.25, 0.3) is 0 Å². The van der Waals surface area contributed by atoms with Crippen LogP contribution in [-0.4, -0.2) is 43.8 Å². The first kappa shape index (κ1) is 19.3. The number of piperazine rings is 1. The standard InChI is InChI=1S/C19H22ClFN2O2S/c1-14-6-7-15(2)19(12-14)26(24,25)23-10-8-22(9-11-23)13-16-17(20)4-3-5-18(16)21/h3-7,12H,8-11,13H2,1-2H3. The zero-order valence-electron chi connectivity index (χ0n) is 14.9.